The standard InChI is InChI=1S/C31H24Cl2N6O/c1-16-2-3-18-9-19(5-4-17(18)8-16)20-10-26(34-14-20)30-22-12-23(22)31-35-25(13-29(40)39(30)31)24-11-21(32)6-7-27(24)38-15-28(33)36-37-38/h4-7,9,11,13-15,22-23,30H,1-3,8,10,12H2. The Bertz CT molecular complexity index is 1880. The number of nitrogens with zero attached hydrogens (tertiary/aromatic N) is 6. The van der Waals surface area contributed by atoms with Gasteiger partial charge in [-0.3, -0.25) is 14.4 Å². The highest BCUT2D eigenvalue weighted by Gasteiger charge is 2.55. The van der Waals surface area contributed by atoms with Crippen molar-refractivity contribution < 1.29 is 0 Å². The molecule has 4 heterocycles. The summed E-state index contributed by atoms with van der Waals surface area (Å²) < 4.78 is 3.44. The second-order valence-electron chi connectivity index (χ2n) is 11.2. The second-order valence-corrected chi connectivity index (χ2v) is 12.0. The van der Waals surface area contributed by atoms with Crippen LogP contribution in [0.3, 0.4) is 0 Å². The van der Waals surface area contributed by atoms with E-state index in [0.717, 1.165) is 43.6 Å². The van der Waals surface area contributed by atoms with E-state index in [9.17, 15) is 4.79 Å². The molecule has 3 unspecified atom stereocenters. The summed E-state index contributed by atoms with van der Waals surface area (Å²) in [6, 6.07) is 13.7. The Labute approximate surface area is 240 Å². The van der Waals surface area contributed by atoms with E-state index in [-0.39, 0.29) is 22.7 Å². The quantitative estimate of drug-likeness (QED) is 0.268. The summed E-state index contributed by atoms with van der Waals surface area (Å²) in [7, 11) is 0. The zero-order valence-corrected chi connectivity index (χ0v) is 23.0. The lowest BCUT2D eigenvalue weighted by Gasteiger charge is -2.20. The smallest absolute Gasteiger partial charge is 0.254 e. The zero-order valence-electron chi connectivity index (χ0n) is 21.5. The van der Waals surface area contributed by atoms with E-state index >= 15 is 0 Å². The largest absolute Gasteiger partial charge is 0.287 e. The molecule has 0 amide bonds. The van der Waals surface area contributed by atoms with Crippen LogP contribution >= 0.6 is 23.2 Å². The van der Waals surface area contributed by atoms with Gasteiger partial charge in [0, 0.05) is 40.9 Å². The van der Waals surface area contributed by atoms with E-state index in [0.29, 0.717) is 27.9 Å². The number of fused-ring (bicyclic) bond motifs is 4. The van der Waals surface area contributed by atoms with Gasteiger partial charge in [0.25, 0.3) is 5.56 Å². The molecular formula is C31H24Cl2N6O. The first-order valence-corrected chi connectivity index (χ1v) is 14.2. The molecule has 8 rings (SSSR count). The molecule has 2 aromatic carbocycles. The number of benzene rings is 2. The lowest BCUT2D eigenvalue weighted by molar-refractivity contribution is 0.576. The van der Waals surface area contributed by atoms with Crippen LogP contribution in [0.1, 0.15) is 53.7 Å². The van der Waals surface area contributed by atoms with Crippen LogP contribution in [0.4, 0.5) is 0 Å². The number of aromatic nitrogens is 5. The Morgan fingerprint density at radius 2 is 1.90 bits per heavy atom. The molecule has 0 spiro atoms. The Morgan fingerprint density at radius 1 is 1.00 bits per heavy atom. The van der Waals surface area contributed by atoms with E-state index in [4.69, 9.17) is 33.2 Å². The number of hydrogen-bond acceptors (Lipinski definition) is 5. The molecule has 1 saturated carbocycles. The Hall–Kier alpha value is -3.81. The van der Waals surface area contributed by atoms with Gasteiger partial charge in [0.2, 0.25) is 0 Å². The van der Waals surface area contributed by atoms with Crippen molar-refractivity contribution in [3.05, 3.63) is 110 Å². The van der Waals surface area contributed by atoms with Gasteiger partial charge in [0.05, 0.1) is 23.6 Å². The van der Waals surface area contributed by atoms with Crippen molar-refractivity contribution in [2.75, 3.05) is 0 Å². The van der Waals surface area contributed by atoms with Crippen LogP contribution in [0, 0.1) is 5.92 Å². The number of rotatable bonds is 4. The molecule has 7 nitrogen and oxygen atoms in total. The van der Waals surface area contributed by atoms with Crippen molar-refractivity contribution in [2.24, 2.45) is 10.9 Å². The average molecular weight is 567 g/mol. The van der Waals surface area contributed by atoms with E-state index < -0.39 is 0 Å². The van der Waals surface area contributed by atoms with Crippen LogP contribution < -0.4 is 5.56 Å². The van der Waals surface area contributed by atoms with Gasteiger partial charge < -0.3 is 0 Å². The molecule has 3 atom stereocenters. The van der Waals surface area contributed by atoms with Gasteiger partial charge in [0.1, 0.15) is 5.82 Å². The predicted octanol–water partition coefficient (Wildman–Crippen LogP) is 6.39. The lowest BCUT2D eigenvalue weighted by atomic mass is 9.86. The highest BCUT2D eigenvalue weighted by molar-refractivity contribution is 6.31. The first-order valence-electron chi connectivity index (χ1n) is 13.5. The van der Waals surface area contributed by atoms with Crippen LogP contribution in [0.5, 0.6) is 0 Å². The van der Waals surface area contributed by atoms with Crippen molar-refractivity contribution in [2.45, 2.75) is 44.1 Å². The molecule has 1 fully saturated rings. The number of halogens is 2. The Morgan fingerprint density at radius 3 is 2.75 bits per heavy atom. The highest BCUT2D eigenvalue weighted by Crippen LogP contribution is 2.59. The minimum Gasteiger partial charge on any atom is -0.287 e. The molecule has 198 valence electrons. The molecular weight excluding hydrogens is 543 g/mol. The van der Waals surface area contributed by atoms with Crippen LogP contribution in [-0.4, -0.2) is 30.3 Å². The number of allylic oxidation sites excluding steroid dienone is 2. The molecule has 0 saturated heterocycles. The SMILES string of the molecule is C=C1CCc2cc(C3=CN=C(C4C5CC5c5nc(-c6cc(Cl)ccc6-n6cc(Cl)nn6)cc(=O)n54)C3)ccc2C1. The van der Waals surface area contributed by atoms with Crippen molar-refractivity contribution >= 4 is 34.5 Å². The predicted molar refractivity (Wildman–Crippen MR) is 156 cm³/mol. The van der Waals surface area contributed by atoms with Gasteiger partial charge in [-0.05, 0) is 72.1 Å². The number of hydrogen-bond donors (Lipinski definition) is 0. The van der Waals surface area contributed by atoms with Crippen molar-refractivity contribution in [1.82, 2.24) is 24.5 Å². The summed E-state index contributed by atoms with van der Waals surface area (Å²) in [5.41, 5.74) is 9.47. The molecule has 0 bridgehead atoms. The van der Waals surface area contributed by atoms with Crippen molar-refractivity contribution in [3.8, 4) is 16.9 Å². The van der Waals surface area contributed by atoms with Crippen LogP contribution in [-0.2, 0) is 12.8 Å². The first-order chi connectivity index (χ1) is 19.4. The van der Waals surface area contributed by atoms with E-state index in [1.54, 1.807) is 29.1 Å². The normalized spacial score (nSPS) is 22.4. The molecule has 9 heteroatoms. The molecule has 0 N–H and O–H groups in total. The van der Waals surface area contributed by atoms with E-state index in [2.05, 4.69) is 35.1 Å². The molecule has 0 radical (unpaired) electrons. The zero-order chi connectivity index (χ0) is 27.1. The van der Waals surface area contributed by atoms with Gasteiger partial charge in [-0.1, -0.05) is 58.8 Å². The Kier molecular flexibility index (Phi) is 5.31. The highest BCUT2D eigenvalue weighted by atomic mass is 35.5. The van der Waals surface area contributed by atoms with Crippen LogP contribution in [0.15, 0.2) is 76.8 Å². The monoisotopic (exact) mass is 566 g/mol. The fraction of sp³-hybridized carbons (Fsp3) is 0.258. The minimum absolute atomic E-state index is 0.0586. The number of aryl methyl sites for hydroxylation is 1. The molecule has 2 aromatic heterocycles. The maximum atomic E-state index is 13.7. The van der Waals surface area contributed by atoms with Crippen LogP contribution in [0.2, 0.25) is 10.2 Å². The first kappa shape index (κ1) is 24.0. The maximum Gasteiger partial charge on any atom is 0.254 e. The molecule has 2 aliphatic heterocycles. The van der Waals surface area contributed by atoms with Crippen LogP contribution in [0.25, 0.3) is 22.5 Å². The summed E-state index contributed by atoms with van der Waals surface area (Å²) in [6.45, 7) is 4.17. The topological polar surface area (TPSA) is 78.0 Å². The van der Waals surface area contributed by atoms with Gasteiger partial charge in [-0.2, -0.15) is 0 Å². The summed E-state index contributed by atoms with van der Waals surface area (Å²) in [4.78, 5) is 23.6. The summed E-state index contributed by atoms with van der Waals surface area (Å²) >= 11 is 12.4. The lowest BCUT2D eigenvalue weighted by Crippen LogP contribution is -2.30. The fourth-order valence-corrected chi connectivity index (χ4v) is 6.91. The third kappa shape index (κ3) is 3.83. The van der Waals surface area contributed by atoms with Gasteiger partial charge in [0.15, 0.2) is 5.15 Å². The number of aliphatic imine (C=N–C) groups is 1. The van der Waals surface area contributed by atoms with E-state index in [1.807, 2.05) is 16.8 Å². The van der Waals surface area contributed by atoms with Crippen molar-refractivity contribution in [1.29, 1.82) is 0 Å². The summed E-state index contributed by atoms with van der Waals surface area (Å²) in [5.74, 6) is 1.43. The fourth-order valence-electron chi connectivity index (χ4n) is 6.62. The minimum atomic E-state index is -0.0788. The van der Waals surface area contributed by atoms with Gasteiger partial charge in [-0.25, -0.2) is 9.67 Å². The molecule has 4 aromatic rings. The third-order valence-corrected chi connectivity index (χ3v) is 9.05. The van der Waals surface area contributed by atoms with Crippen molar-refractivity contribution in [3.63, 3.8) is 0 Å². The second kappa shape index (κ2) is 8.85. The maximum absolute atomic E-state index is 13.7. The Balaban J connectivity index is 1.11. The molecule has 2 aliphatic carbocycles. The summed E-state index contributed by atoms with van der Waals surface area (Å²) in [6.07, 6.45) is 8.44. The summed E-state index contributed by atoms with van der Waals surface area (Å²) in [5, 5.41) is 8.80. The van der Waals surface area contributed by atoms with Gasteiger partial charge >= 0.3 is 0 Å². The average Bonchev–Trinajstić information content (AvgIpc) is 3.23. The van der Waals surface area contributed by atoms with E-state index in [1.165, 1.54) is 27.8 Å². The molecule has 4 aliphatic rings. The van der Waals surface area contributed by atoms with Gasteiger partial charge in [-0.15, -0.1) is 5.10 Å². The molecule has 40 heavy (non-hydrogen) atoms. The third-order valence-electron chi connectivity index (χ3n) is 8.65.